The van der Waals surface area contributed by atoms with Crippen molar-refractivity contribution < 1.29 is 9.59 Å². The summed E-state index contributed by atoms with van der Waals surface area (Å²) in [6.45, 7) is 0.486. The summed E-state index contributed by atoms with van der Waals surface area (Å²) in [5.41, 5.74) is 2.50. The summed E-state index contributed by atoms with van der Waals surface area (Å²) in [5.74, 6) is -0.421. The topological polar surface area (TPSA) is 49.4 Å². The second-order valence-electron chi connectivity index (χ2n) is 6.49. The molecule has 0 radical (unpaired) electrons. The van der Waals surface area contributed by atoms with Crippen molar-refractivity contribution in [2.24, 2.45) is 0 Å². The largest absolute Gasteiger partial charge is 0.337 e. The van der Waals surface area contributed by atoms with Gasteiger partial charge in [-0.2, -0.15) is 0 Å². The minimum Gasteiger partial charge on any atom is -0.337 e. The molecular weight excluding hydrogens is 448 g/mol. The predicted molar refractivity (Wildman–Crippen MR) is 123 cm³/mol. The smallest absolute Gasteiger partial charge is 0.256 e. The summed E-state index contributed by atoms with van der Waals surface area (Å²) in [4.78, 5) is 28.5. The van der Waals surface area contributed by atoms with Crippen molar-refractivity contribution in [2.45, 2.75) is 11.4 Å². The molecule has 0 fully saturated rings. The van der Waals surface area contributed by atoms with Crippen molar-refractivity contribution in [1.82, 2.24) is 4.90 Å². The van der Waals surface area contributed by atoms with Crippen LogP contribution in [-0.2, 0) is 6.54 Å². The quantitative estimate of drug-likeness (QED) is 0.472. The van der Waals surface area contributed by atoms with Crippen molar-refractivity contribution in [1.29, 1.82) is 0 Å². The maximum absolute atomic E-state index is 13.0. The van der Waals surface area contributed by atoms with E-state index in [-0.39, 0.29) is 11.8 Å². The van der Waals surface area contributed by atoms with Crippen LogP contribution in [-0.4, -0.2) is 30.0 Å². The second-order valence-corrected chi connectivity index (χ2v) is 8.22. The van der Waals surface area contributed by atoms with Gasteiger partial charge in [0, 0.05) is 23.0 Å². The van der Waals surface area contributed by atoms with Gasteiger partial charge in [-0.25, -0.2) is 0 Å². The van der Waals surface area contributed by atoms with E-state index in [1.54, 1.807) is 60.1 Å². The van der Waals surface area contributed by atoms with Crippen molar-refractivity contribution in [3.8, 4) is 0 Å². The third-order valence-corrected chi connectivity index (χ3v) is 5.88. The normalized spacial score (nSPS) is 10.4. The van der Waals surface area contributed by atoms with Gasteiger partial charge in [-0.05, 0) is 64.1 Å². The lowest BCUT2D eigenvalue weighted by Crippen LogP contribution is -2.27. The molecule has 0 aromatic heterocycles. The molecule has 0 bridgehead atoms. The zero-order valence-electron chi connectivity index (χ0n) is 16.2. The number of amides is 2. The fourth-order valence-electron chi connectivity index (χ4n) is 2.90. The molecule has 3 aromatic carbocycles. The third kappa shape index (κ3) is 5.28. The van der Waals surface area contributed by atoms with E-state index in [9.17, 15) is 9.59 Å². The lowest BCUT2D eigenvalue weighted by Gasteiger charge is -2.19. The van der Waals surface area contributed by atoms with Crippen LogP contribution in [0, 0.1) is 0 Å². The molecule has 0 unspecified atom stereocenters. The van der Waals surface area contributed by atoms with Crippen LogP contribution in [0.4, 0.5) is 5.69 Å². The molecule has 0 aliphatic carbocycles. The van der Waals surface area contributed by atoms with Gasteiger partial charge < -0.3 is 10.2 Å². The minimum absolute atomic E-state index is 0.151. The zero-order chi connectivity index (χ0) is 20.8. The molecule has 2 amide bonds. The van der Waals surface area contributed by atoms with E-state index in [2.05, 4.69) is 21.2 Å². The van der Waals surface area contributed by atoms with Gasteiger partial charge in [-0.15, -0.1) is 11.8 Å². The molecule has 0 aliphatic heterocycles. The number of nitrogens with zero attached hydrogens (tertiary/aromatic N) is 1. The summed E-state index contributed by atoms with van der Waals surface area (Å²) in [7, 11) is 1.76. The number of benzene rings is 3. The van der Waals surface area contributed by atoms with Crippen LogP contribution >= 0.6 is 27.7 Å². The zero-order valence-corrected chi connectivity index (χ0v) is 18.6. The van der Waals surface area contributed by atoms with Crippen LogP contribution in [0.1, 0.15) is 26.3 Å². The SMILES string of the molecule is CSc1ccc(CN(C)C(=O)c2ccccc2NC(=O)c2ccccc2Br)cc1. The molecule has 29 heavy (non-hydrogen) atoms. The van der Waals surface area contributed by atoms with Gasteiger partial charge in [0.2, 0.25) is 0 Å². The number of thioether (sulfide) groups is 1. The Bertz CT molecular complexity index is 1020. The molecule has 0 aliphatic rings. The van der Waals surface area contributed by atoms with Crippen molar-refractivity contribution in [2.75, 3.05) is 18.6 Å². The van der Waals surface area contributed by atoms with Crippen LogP contribution in [0.2, 0.25) is 0 Å². The lowest BCUT2D eigenvalue weighted by atomic mass is 10.1. The molecule has 6 heteroatoms. The van der Waals surface area contributed by atoms with Crippen molar-refractivity contribution in [3.63, 3.8) is 0 Å². The maximum Gasteiger partial charge on any atom is 0.256 e. The first-order valence-electron chi connectivity index (χ1n) is 9.03. The molecule has 0 saturated heterocycles. The summed E-state index contributed by atoms with van der Waals surface area (Å²) in [6.07, 6.45) is 2.03. The second kappa shape index (κ2) is 9.76. The number of rotatable bonds is 6. The van der Waals surface area contributed by atoms with Gasteiger partial charge in [0.25, 0.3) is 11.8 Å². The lowest BCUT2D eigenvalue weighted by molar-refractivity contribution is 0.0786. The number of halogens is 1. The molecule has 0 heterocycles. The van der Waals surface area contributed by atoms with Crippen molar-refractivity contribution in [3.05, 3.63) is 94.0 Å². The standard InChI is InChI=1S/C23H21BrN2O2S/c1-26(15-16-11-13-17(29-2)14-12-16)23(28)19-8-4-6-10-21(19)25-22(27)18-7-3-5-9-20(18)24/h3-14H,15H2,1-2H3,(H,25,27). The number of carbonyl (C=O) groups is 2. The van der Waals surface area contributed by atoms with Crippen LogP contribution in [0.25, 0.3) is 0 Å². The fraction of sp³-hybridized carbons (Fsp3) is 0.130. The van der Waals surface area contributed by atoms with Crippen molar-refractivity contribution >= 4 is 45.2 Å². The van der Waals surface area contributed by atoms with Crippen LogP contribution in [0.15, 0.2) is 82.2 Å². The monoisotopic (exact) mass is 468 g/mol. The number of nitrogens with one attached hydrogen (secondary N) is 1. The molecule has 148 valence electrons. The van der Waals surface area contributed by atoms with E-state index in [1.807, 2.05) is 42.7 Å². The molecule has 3 aromatic rings. The first-order valence-corrected chi connectivity index (χ1v) is 11.0. The van der Waals surface area contributed by atoms with Gasteiger partial charge >= 0.3 is 0 Å². The van der Waals surface area contributed by atoms with Crippen LogP contribution in [0.3, 0.4) is 0 Å². The first kappa shape index (κ1) is 21.1. The number of para-hydroxylation sites is 1. The Morgan fingerprint density at radius 3 is 2.21 bits per heavy atom. The van der Waals surface area contributed by atoms with Crippen LogP contribution < -0.4 is 5.32 Å². The van der Waals surface area contributed by atoms with E-state index in [0.29, 0.717) is 27.8 Å². The van der Waals surface area contributed by atoms with E-state index in [1.165, 1.54) is 4.90 Å². The Balaban J connectivity index is 1.77. The highest BCUT2D eigenvalue weighted by atomic mass is 79.9. The Morgan fingerprint density at radius 2 is 1.55 bits per heavy atom. The third-order valence-electron chi connectivity index (χ3n) is 4.45. The van der Waals surface area contributed by atoms with E-state index in [0.717, 1.165) is 5.56 Å². The fourth-order valence-corrected chi connectivity index (χ4v) is 3.77. The first-order chi connectivity index (χ1) is 14.0. The molecule has 0 atom stereocenters. The summed E-state index contributed by atoms with van der Waals surface area (Å²) in [6, 6.07) is 22.4. The summed E-state index contributed by atoms with van der Waals surface area (Å²) < 4.78 is 0.701. The Morgan fingerprint density at radius 1 is 0.931 bits per heavy atom. The van der Waals surface area contributed by atoms with Gasteiger partial charge in [0.15, 0.2) is 0 Å². The highest BCUT2D eigenvalue weighted by Gasteiger charge is 2.18. The number of hydrogen-bond acceptors (Lipinski definition) is 3. The Labute approximate surface area is 183 Å². The van der Waals surface area contributed by atoms with Gasteiger partial charge in [-0.1, -0.05) is 36.4 Å². The summed E-state index contributed by atoms with van der Waals surface area (Å²) in [5, 5.41) is 2.86. The van der Waals surface area contributed by atoms with Gasteiger partial charge in [0.05, 0.1) is 16.8 Å². The molecule has 0 spiro atoms. The molecule has 3 rings (SSSR count). The highest BCUT2D eigenvalue weighted by molar-refractivity contribution is 9.10. The average Bonchev–Trinajstić information content (AvgIpc) is 2.74. The number of anilines is 1. The van der Waals surface area contributed by atoms with Crippen LogP contribution in [0.5, 0.6) is 0 Å². The maximum atomic E-state index is 13.0. The van der Waals surface area contributed by atoms with E-state index < -0.39 is 0 Å². The number of hydrogen-bond donors (Lipinski definition) is 1. The van der Waals surface area contributed by atoms with E-state index >= 15 is 0 Å². The molecular formula is C23H21BrN2O2S. The predicted octanol–water partition coefficient (Wildman–Crippen LogP) is 5.70. The minimum atomic E-state index is -0.270. The average molecular weight is 469 g/mol. The Hall–Kier alpha value is -2.57. The Kier molecular flexibility index (Phi) is 7.12. The summed E-state index contributed by atoms with van der Waals surface area (Å²) >= 11 is 5.07. The van der Waals surface area contributed by atoms with Gasteiger partial charge in [-0.3, -0.25) is 9.59 Å². The van der Waals surface area contributed by atoms with Gasteiger partial charge in [0.1, 0.15) is 0 Å². The van der Waals surface area contributed by atoms with E-state index in [4.69, 9.17) is 0 Å². The molecule has 1 N–H and O–H groups in total. The molecule has 0 saturated carbocycles. The highest BCUT2D eigenvalue weighted by Crippen LogP contribution is 2.22. The number of carbonyl (C=O) groups excluding carboxylic acids is 2. The molecule has 4 nitrogen and oxygen atoms in total.